The number of aromatic hydroxyl groups is 1. The average molecular weight is 199 g/mol. The fraction of sp³-hybridized carbons (Fsp3) is 0.500. The van der Waals surface area contributed by atoms with E-state index in [9.17, 15) is 14.7 Å². The second kappa shape index (κ2) is 3.57. The van der Waals surface area contributed by atoms with Crippen molar-refractivity contribution in [3.05, 3.63) is 26.4 Å². The number of aromatic nitrogens is 2. The Labute approximate surface area is 80.4 Å². The van der Waals surface area contributed by atoms with Crippen molar-refractivity contribution in [3.63, 3.8) is 0 Å². The van der Waals surface area contributed by atoms with Crippen molar-refractivity contribution in [1.29, 1.82) is 0 Å². The minimum atomic E-state index is -0.644. The van der Waals surface area contributed by atoms with E-state index in [2.05, 4.69) is 4.98 Å². The lowest BCUT2D eigenvalue weighted by Gasteiger charge is -2.17. The second-order valence-electron chi connectivity index (χ2n) is 3.07. The Morgan fingerprint density at radius 3 is 2.43 bits per heavy atom. The smallest absolute Gasteiger partial charge is 0.350 e. The van der Waals surface area contributed by atoms with E-state index in [1.165, 1.54) is 5.01 Å². The maximum atomic E-state index is 11.3. The van der Waals surface area contributed by atoms with Crippen LogP contribution < -0.4 is 16.3 Å². The summed E-state index contributed by atoms with van der Waals surface area (Å²) in [6.45, 7) is 1.73. The number of aromatic amines is 1. The summed E-state index contributed by atoms with van der Waals surface area (Å²) in [6, 6.07) is 0. The van der Waals surface area contributed by atoms with Gasteiger partial charge in [-0.2, -0.15) is 4.68 Å². The summed E-state index contributed by atoms with van der Waals surface area (Å²) >= 11 is 0. The van der Waals surface area contributed by atoms with Gasteiger partial charge in [-0.25, -0.2) is 4.79 Å². The summed E-state index contributed by atoms with van der Waals surface area (Å²) in [5, 5.41) is 11.0. The predicted octanol–water partition coefficient (Wildman–Crippen LogP) is -0.998. The maximum Gasteiger partial charge on any atom is 0.350 e. The van der Waals surface area contributed by atoms with Gasteiger partial charge < -0.3 is 10.1 Å². The molecule has 0 aromatic carbocycles. The molecule has 1 aromatic heterocycles. The van der Waals surface area contributed by atoms with Crippen LogP contribution in [0.4, 0.5) is 0 Å². The minimum absolute atomic E-state index is 0.207. The van der Waals surface area contributed by atoms with Gasteiger partial charge in [0, 0.05) is 14.1 Å². The lowest BCUT2D eigenvalue weighted by atomic mass is 10.2. The van der Waals surface area contributed by atoms with Crippen molar-refractivity contribution in [3.8, 4) is 5.88 Å². The van der Waals surface area contributed by atoms with Crippen LogP contribution in [0.1, 0.15) is 12.5 Å². The number of nitrogens with zero attached hydrogens (tertiary/aromatic N) is 2. The quantitative estimate of drug-likeness (QED) is 0.640. The number of rotatable bonds is 2. The van der Waals surface area contributed by atoms with Gasteiger partial charge in [0.1, 0.15) is 0 Å². The van der Waals surface area contributed by atoms with Gasteiger partial charge in [0.15, 0.2) is 0 Å². The standard InChI is InChI=1S/C8H13N3O3/c1-4-5-6(12)9-8(14)11(7(5)13)10(2)3/h13H,4H2,1-3H3,(H,9,12,14). The Hall–Kier alpha value is -1.72. The van der Waals surface area contributed by atoms with Gasteiger partial charge in [0.2, 0.25) is 5.88 Å². The molecule has 0 aliphatic rings. The van der Waals surface area contributed by atoms with Crippen molar-refractivity contribution in [2.75, 3.05) is 19.1 Å². The van der Waals surface area contributed by atoms with Crippen molar-refractivity contribution in [2.45, 2.75) is 13.3 Å². The van der Waals surface area contributed by atoms with Crippen molar-refractivity contribution >= 4 is 0 Å². The molecule has 0 amide bonds. The van der Waals surface area contributed by atoms with E-state index in [1.54, 1.807) is 21.0 Å². The highest BCUT2D eigenvalue weighted by atomic mass is 16.3. The minimum Gasteiger partial charge on any atom is -0.493 e. The van der Waals surface area contributed by atoms with Crippen LogP contribution in [0.2, 0.25) is 0 Å². The predicted molar refractivity (Wildman–Crippen MR) is 52.4 cm³/mol. The van der Waals surface area contributed by atoms with Crippen LogP contribution >= 0.6 is 0 Å². The summed E-state index contributed by atoms with van der Waals surface area (Å²) in [6.07, 6.45) is 0.370. The number of hydrogen-bond donors (Lipinski definition) is 2. The second-order valence-corrected chi connectivity index (χ2v) is 3.07. The van der Waals surface area contributed by atoms with Gasteiger partial charge in [-0.1, -0.05) is 6.92 Å². The molecular formula is C8H13N3O3. The fourth-order valence-electron chi connectivity index (χ4n) is 1.24. The SMILES string of the molecule is CCc1c(O)n(N(C)C)c(=O)[nH]c1=O. The summed E-state index contributed by atoms with van der Waals surface area (Å²) in [5.74, 6) is -0.300. The first-order chi connectivity index (χ1) is 6.49. The maximum absolute atomic E-state index is 11.3. The van der Waals surface area contributed by atoms with Crippen LogP contribution in [0, 0.1) is 0 Å². The fourth-order valence-corrected chi connectivity index (χ4v) is 1.24. The molecule has 0 bridgehead atoms. The Morgan fingerprint density at radius 1 is 1.43 bits per heavy atom. The zero-order valence-electron chi connectivity index (χ0n) is 8.37. The third-order valence-corrected chi connectivity index (χ3v) is 1.91. The Morgan fingerprint density at radius 2 is 2.00 bits per heavy atom. The van der Waals surface area contributed by atoms with Gasteiger partial charge in [0.25, 0.3) is 5.56 Å². The van der Waals surface area contributed by atoms with Gasteiger partial charge in [0.05, 0.1) is 5.56 Å². The monoisotopic (exact) mass is 199 g/mol. The van der Waals surface area contributed by atoms with E-state index in [1.807, 2.05) is 0 Å². The van der Waals surface area contributed by atoms with Crippen molar-refractivity contribution < 1.29 is 5.11 Å². The van der Waals surface area contributed by atoms with Crippen LogP contribution in [0.3, 0.4) is 0 Å². The number of hydrogen-bond acceptors (Lipinski definition) is 4. The molecule has 0 saturated heterocycles. The summed E-state index contributed by atoms with van der Waals surface area (Å²) in [4.78, 5) is 24.6. The molecule has 0 spiro atoms. The van der Waals surface area contributed by atoms with Crippen molar-refractivity contribution in [2.24, 2.45) is 0 Å². The van der Waals surface area contributed by atoms with E-state index in [-0.39, 0.29) is 11.4 Å². The lowest BCUT2D eigenvalue weighted by molar-refractivity contribution is 0.397. The average Bonchev–Trinajstić information content (AvgIpc) is 2.02. The molecule has 1 aromatic rings. The summed E-state index contributed by atoms with van der Waals surface area (Å²) in [5.41, 5.74) is -0.971. The van der Waals surface area contributed by atoms with Crippen molar-refractivity contribution in [1.82, 2.24) is 9.66 Å². The lowest BCUT2D eigenvalue weighted by Crippen LogP contribution is -2.41. The Bertz CT molecular complexity index is 444. The molecule has 1 heterocycles. The van der Waals surface area contributed by atoms with Crippen LogP contribution in [-0.2, 0) is 6.42 Å². The molecule has 0 aliphatic carbocycles. The largest absolute Gasteiger partial charge is 0.493 e. The first kappa shape index (κ1) is 10.4. The van der Waals surface area contributed by atoms with Gasteiger partial charge >= 0.3 is 5.69 Å². The number of nitrogens with one attached hydrogen (secondary N) is 1. The topological polar surface area (TPSA) is 78.3 Å². The van der Waals surface area contributed by atoms with Gasteiger partial charge in [-0.3, -0.25) is 9.78 Å². The first-order valence-electron chi connectivity index (χ1n) is 4.23. The Balaban J connectivity index is 3.61. The highest BCUT2D eigenvalue weighted by molar-refractivity contribution is 5.23. The third kappa shape index (κ3) is 1.50. The molecule has 0 unspecified atom stereocenters. The molecular weight excluding hydrogens is 186 g/mol. The van der Waals surface area contributed by atoms with E-state index in [0.717, 1.165) is 4.68 Å². The normalized spacial score (nSPS) is 10.2. The first-order valence-corrected chi connectivity index (χ1v) is 4.23. The van der Waals surface area contributed by atoms with Crippen LogP contribution in [0.15, 0.2) is 9.59 Å². The molecule has 78 valence electrons. The van der Waals surface area contributed by atoms with Crippen LogP contribution in [0.25, 0.3) is 0 Å². The summed E-state index contributed by atoms with van der Waals surface area (Å²) < 4.78 is 1.00. The van der Waals surface area contributed by atoms with E-state index < -0.39 is 11.2 Å². The molecule has 6 nitrogen and oxygen atoms in total. The molecule has 0 atom stereocenters. The molecule has 0 fully saturated rings. The Kier molecular flexibility index (Phi) is 2.64. The molecule has 0 aliphatic heterocycles. The number of H-pyrrole nitrogens is 1. The van der Waals surface area contributed by atoms with Gasteiger partial charge in [-0.15, -0.1) is 0 Å². The highest BCUT2D eigenvalue weighted by Crippen LogP contribution is 2.09. The molecule has 6 heteroatoms. The molecule has 14 heavy (non-hydrogen) atoms. The third-order valence-electron chi connectivity index (χ3n) is 1.91. The molecule has 1 rings (SSSR count). The molecule has 0 saturated carbocycles. The molecule has 2 N–H and O–H groups in total. The van der Waals surface area contributed by atoms with E-state index >= 15 is 0 Å². The zero-order valence-corrected chi connectivity index (χ0v) is 8.37. The molecule has 0 radical (unpaired) electrons. The van der Waals surface area contributed by atoms with Gasteiger partial charge in [-0.05, 0) is 6.42 Å². The highest BCUT2D eigenvalue weighted by Gasteiger charge is 2.12. The zero-order chi connectivity index (χ0) is 10.9. The summed E-state index contributed by atoms with van der Waals surface area (Å²) in [7, 11) is 3.19. The van der Waals surface area contributed by atoms with E-state index in [4.69, 9.17) is 0 Å². The van der Waals surface area contributed by atoms with Crippen LogP contribution in [-0.4, -0.2) is 28.9 Å². The van der Waals surface area contributed by atoms with E-state index in [0.29, 0.717) is 6.42 Å². The van der Waals surface area contributed by atoms with Crippen LogP contribution in [0.5, 0.6) is 5.88 Å².